The Morgan fingerprint density at radius 1 is 1.05 bits per heavy atom. The highest BCUT2D eigenvalue weighted by atomic mass is 32.2. The van der Waals surface area contributed by atoms with E-state index >= 15 is 0 Å². The van der Waals surface area contributed by atoms with Gasteiger partial charge in [-0.15, -0.1) is 0 Å². The molecule has 0 unspecified atom stereocenters. The van der Waals surface area contributed by atoms with Gasteiger partial charge in [0.15, 0.2) is 0 Å². The SMILES string of the molecule is Cc1ccc(CNS(=O)(=O)Cc2ccccc2)cc1F. The van der Waals surface area contributed by atoms with Gasteiger partial charge in [0.1, 0.15) is 5.82 Å². The summed E-state index contributed by atoms with van der Waals surface area (Å²) >= 11 is 0. The fourth-order valence-corrected chi connectivity index (χ4v) is 2.90. The van der Waals surface area contributed by atoms with Gasteiger partial charge in [0.05, 0.1) is 5.75 Å². The Balaban J connectivity index is 2.00. The standard InChI is InChI=1S/C15H16FNO2S/c1-12-7-8-14(9-15(12)16)10-17-20(18,19)11-13-5-3-2-4-6-13/h2-9,17H,10-11H2,1H3. The first-order valence-electron chi connectivity index (χ1n) is 6.22. The minimum atomic E-state index is -3.43. The molecule has 2 aromatic carbocycles. The molecule has 0 amide bonds. The van der Waals surface area contributed by atoms with E-state index < -0.39 is 10.0 Å². The lowest BCUT2D eigenvalue weighted by Crippen LogP contribution is -2.24. The molecule has 1 N–H and O–H groups in total. The molecule has 0 atom stereocenters. The number of hydrogen-bond donors (Lipinski definition) is 1. The van der Waals surface area contributed by atoms with Crippen molar-refractivity contribution in [1.29, 1.82) is 0 Å². The zero-order valence-electron chi connectivity index (χ0n) is 11.1. The lowest BCUT2D eigenvalue weighted by Gasteiger charge is -2.07. The number of nitrogens with one attached hydrogen (secondary N) is 1. The van der Waals surface area contributed by atoms with E-state index in [1.54, 1.807) is 43.3 Å². The summed E-state index contributed by atoms with van der Waals surface area (Å²) in [4.78, 5) is 0. The Morgan fingerprint density at radius 3 is 2.40 bits per heavy atom. The Labute approximate surface area is 118 Å². The van der Waals surface area contributed by atoms with Gasteiger partial charge in [-0.3, -0.25) is 0 Å². The molecular weight excluding hydrogens is 277 g/mol. The molecule has 0 fully saturated rings. The summed E-state index contributed by atoms with van der Waals surface area (Å²) in [6.45, 7) is 1.76. The zero-order valence-corrected chi connectivity index (χ0v) is 12.0. The highest BCUT2D eigenvalue weighted by Gasteiger charge is 2.11. The first-order valence-corrected chi connectivity index (χ1v) is 7.88. The van der Waals surface area contributed by atoms with Crippen LogP contribution in [-0.4, -0.2) is 8.42 Å². The van der Waals surface area contributed by atoms with Crippen LogP contribution in [0.25, 0.3) is 0 Å². The fraction of sp³-hybridized carbons (Fsp3) is 0.200. The molecule has 20 heavy (non-hydrogen) atoms. The number of halogens is 1. The van der Waals surface area contributed by atoms with Crippen LogP contribution in [0.5, 0.6) is 0 Å². The van der Waals surface area contributed by atoms with Gasteiger partial charge in [-0.2, -0.15) is 0 Å². The van der Waals surface area contributed by atoms with Crippen LogP contribution in [0.3, 0.4) is 0 Å². The van der Waals surface area contributed by atoms with E-state index in [4.69, 9.17) is 0 Å². The van der Waals surface area contributed by atoms with Gasteiger partial charge in [0, 0.05) is 6.54 Å². The normalized spacial score (nSPS) is 11.5. The highest BCUT2D eigenvalue weighted by molar-refractivity contribution is 7.88. The van der Waals surface area contributed by atoms with E-state index in [9.17, 15) is 12.8 Å². The van der Waals surface area contributed by atoms with Crippen LogP contribution in [0.1, 0.15) is 16.7 Å². The first kappa shape index (κ1) is 14.7. The van der Waals surface area contributed by atoms with Crippen LogP contribution in [-0.2, 0) is 22.3 Å². The van der Waals surface area contributed by atoms with Gasteiger partial charge in [-0.25, -0.2) is 17.5 Å². The number of sulfonamides is 1. The maximum absolute atomic E-state index is 13.4. The molecule has 106 valence electrons. The lowest BCUT2D eigenvalue weighted by atomic mass is 10.1. The summed E-state index contributed by atoms with van der Waals surface area (Å²) in [7, 11) is -3.43. The molecular formula is C15H16FNO2S. The molecule has 0 aliphatic rings. The van der Waals surface area contributed by atoms with Gasteiger partial charge in [0.25, 0.3) is 0 Å². The third-order valence-corrected chi connectivity index (χ3v) is 4.23. The van der Waals surface area contributed by atoms with Crippen molar-refractivity contribution in [2.75, 3.05) is 0 Å². The lowest BCUT2D eigenvalue weighted by molar-refractivity contribution is 0.579. The van der Waals surface area contributed by atoms with Gasteiger partial charge in [-0.1, -0.05) is 42.5 Å². The van der Waals surface area contributed by atoms with Gasteiger partial charge < -0.3 is 0 Å². The van der Waals surface area contributed by atoms with E-state index in [1.165, 1.54) is 6.07 Å². The second-order valence-electron chi connectivity index (χ2n) is 4.65. The Bertz CT molecular complexity index is 684. The molecule has 2 aromatic rings. The molecule has 0 bridgehead atoms. The van der Waals surface area contributed by atoms with Crippen molar-refractivity contribution in [3.63, 3.8) is 0 Å². The van der Waals surface area contributed by atoms with Crippen molar-refractivity contribution >= 4 is 10.0 Å². The van der Waals surface area contributed by atoms with Crippen molar-refractivity contribution in [2.24, 2.45) is 0 Å². The monoisotopic (exact) mass is 293 g/mol. The van der Waals surface area contributed by atoms with E-state index in [-0.39, 0.29) is 18.1 Å². The molecule has 0 saturated heterocycles. The van der Waals surface area contributed by atoms with Gasteiger partial charge in [0.2, 0.25) is 10.0 Å². The largest absolute Gasteiger partial charge is 0.216 e. The van der Waals surface area contributed by atoms with E-state index in [0.717, 1.165) is 5.56 Å². The second kappa shape index (κ2) is 6.15. The molecule has 0 aliphatic carbocycles. The summed E-state index contributed by atoms with van der Waals surface area (Å²) in [6, 6.07) is 13.6. The predicted molar refractivity (Wildman–Crippen MR) is 77.0 cm³/mol. The van der Waals surface area contributed by atoms with Crippen molar-refractivity contribution in [1.82, 2.24) is 4.72 Å². The Morgan fingerprint density at radius 2 is 1.75 bits per heavy atom. The fourth-order valence-electron chi connectivity index (χ4n) is 1.78. The molecule has 0 saturated carbocycles. The number of aryl methyl sites for hydroxylation is 1. The minimum absolute atomic E-state index is 0.0812. The third kappa shape index (κ3) is 4.15. The topological polar surface area (TPSA) is 46.2 Å². The third-order valence-electron chi connectivity index (χ3n) is 2.93. The first-order chi connectivity index (χ1) is 9.46. The number of benzene rings is 2. The zero-order chi connectivity index (χ0) is 14.6. The second-order valence-corrected chi connectivity index (χ2v) is 6.46. The number of hydrogen-bond acceptors (Lipinski definition) is 2. The predicted octanol–water partition coefficient (Wildman–Crippen LogP) is 2.75. The summed E-state index contributed by atoms with van der Waals surface area (Å²) in [5, 5.41) is 0. The molecule has 0 aliphatic heterocycles. The molecule has 0 spiro atoms. The van der Waals surface area contributed by atoms with Crippen LogP contribution in [0.15, 0.2) is 48.5 Å². The smallest absolute Gasteiger partial charge is 0.212 e. The van der Waals surface area contributed by atoms with Gasteiger partial charge in [-0.05, 0) is 29.7 Å². The van der Waals surface area contributed by atoms with Gasteiger partial charge >= 0.3 is 0 Å². The maximum Gasteiger partial charge on any atom is 0.216 e. The molecule has 5 heteroatoms. The van der Waals surface area contributed by atoms with Crippen LogP contribution in [0, 0.1) is 12.7 Å². The van der Waals surface area contributed by atoms with Crippen molar-refractivity contribution in [2.45, 2.75) is 19.2 Å². The average Bonchev–Trinajstić information content (AvgIpc) is 2.41. The Kier molecular flexibility index (Phi) is 4.52. The van der Waals surface area contributed by atoms with E-state index in [1.807, 2.05) is 6.07 Å². The average molecular weight is 293 g/mol. The van der Waals surface area contributed by atoms with Crippen molar-refractivity contribution in [3.8, 4) is 0 Å². The van der Waals surface area contributed by atoms with Crippen LogP contribution < -0.4 is 4.72 Å². The van der Waals surface area contributed by atoms with Crippen molar-refractivity contribution < 1.29 is 12.8 Å². The van der Waals surface area contributed by atoms with E-state index in [0.29, 0.717) is 11.1 Å². The minimum Gasteiger partial charge on any atom is -0.212 e. The molecule has 2 rings (SSSR count). The van der Waals surface area contributed by atoms with Crippen molar-refractivity contribution in [3.05, 3.63) is 71.0 Å². The number of rotatable bonds is 5. The van der Waals surface area contributed by atoms with E-state index in [2.05, 4.69) is 4.72 Å². The summed E-state index contributed by atoms with van der Waals surface area (Å²) in [6.07, 6.45) is 0. The molecule has 0 aromatic heterocycles. The quantitative estimate of drug-likeness (QED) is 0.921. The summed E-state index contributed by atoms with van der Waals surface area (Å²) < 4.78 is 39.7. The molecule has 3 nitrogen and oxygen atoms in total. The highest BCUT2D eigenvalue weighted by Crippen LogP contribution is 2.10. The van der Waals surface area contributed by atoms with Crippen LogP contribution in [0.2, 0.25) is 0 Å². The summed E-state index contributed by atoms with van der Waals surface area (Å²) in [5.41, 5.74) is 1.86. The Hall–Kier alpha value is -1.72. The van der Waals surface area contributed by atoms with Crippen LogP contribution in [0.4, 0.5) is 4.39 Å². The van der Waals surface area contributed by atoms with Crippen LogP contribution >= 0.6 is 0 Å². The summed E-state index contributed by atoms with van der Waals surface area (Å²) in [5.74, 6) is -0.410. The maximum atomic E-state index is 13.4. The molecule has 0 radical (unpaired) electrons. The molecule has 0 heterocycles.